The van der Waals surface area contributed by atoms with E-state index < -0.39 is 5.83 Å². The van der Waals surface area contributed by atoms with Crippen molar-refractivity contribution in [3.63, 3.8) is 0 Å². The fourth-order valence-electron chi connectivity index (χ4n) is 3.17. The highest BCUT2D eigenvalue weighted by atomic mass is 79.9. The van der Waals surface area contributed by atoms with E-state index in [0.717, 1.165) is 10.7 Å². The lowest BCUT2D eigenvalue weighted by Crippen LogP contribution is -2.48. The summed E-state index contributed by atoms with van der Waals surface area (Å²) in [7, 11) is 0. The second kappa shape index (κ2) is 14.5. The second-order valence-corrected chi connectivity index (χ2v) is 10.4. The lowest BCUT2D eigenvalue weighted by Gasteiger charge is -2.29. The molecule has 0 aromatic rings. The normalized spacial score (nSPS) is 19.2. The van der Waals surface area contributed by atoms with Crippen molar-refractivity contribution in [1.82, 2.24) is 30.7 Å². The molecule has 1 unspecified atom stereocenters. The van der Waals surface area contributed by atoms with Crippen molar-refractivity contribution >= 4 is 39.8 Å². The van der Waals surface area contributed by atoms with E-state index in [4.69, 9.17) is 0 Å². The van der Waals surface area contributed by atoms with Crippen LogP contribution in [0.15, 0.2) is 59.5 Å². The topological polar surface area (TPSA) is 114 Å². The van der Waals surface area contributed by atoms with Crippen LogP contribution in [0.3, 0.4) is 0 Å². The van der Waals surface area contributed by atoms with Crippen molar-refractivity contribution in [2.24, 2.45) is 0 Å². The maximum Gasteiger partial charge on any atom is 0.326 e. The zero-order chi connectivity index (χ0) is 29.3. The molecule has 0 saturated heterocycles. The zero-order valence-electron chi connectivity index (χ0n) is 23.0. The molecule has 0 radical (unpaired) electrons. The molecule has 0 aromatic carbocycles. The van der Waals surface area contributed by atoms with Gasteiger partial charge in [0.2, 0.25) is 0 Å². The molecule has 12 heteroatoms. The lowest BCUT2D eigenvalue weighted by atomic mass is 10.1. The number of Topliss-reactive ketones (excluding diaryl/α,β-unsaturated/α-hetero) is 1. The predicted octanol–water partition coefficient (Wildman–Crippen LogP) is 5.20. The fourth-order valence-corrected chi connectivity index (χ4v) is 3.49. The number of hydrogen-bond donors (Lipinski definition) is 3. The van der Waals surface area contributed by atoms with Gasteiger partial charge in [0.15, 0.2) is 5.83 Å². The average Bonchev–Trinajstić information content (AvgIpc) is 2.78. The molecule has 10 nitrogen and oxygen atoms in total. The molecule has 0 spiro atoms. The van der Waals surface area contributed by atoms with Gasteiger partial charge in [-0.2, -0.15) is 0 Å². The number of halogens is 2. The third kappa shape index (κ3) is 9.81. The summed E-state index contributed by atoms with van der Waals surface area (Å²) in [6.07, 6.45) is 6.87. The SMILES string of the molecule is C=C1NC(=O)N(C(C)C)C=C1Br.C=C1NC(=O)N(C(C)C)C=C1F.CC(=O)CC1C=CN(C(C)C)C(=O)N1. The lowest BCUT2D eigenvalue weighted by molar-refractivity contribution is -0.117. The van der Waals surface area contributed by atoms with E-state index in [-0.39, 0.29) is 53.7 Å². The summed E-state index contributed by atoms with van der Waals surface area (Å²) >= 11 is 3.30. The summed E-state index contributed by atoms with van der Waals surface area (Å²) in [5.41, 5.74) is 0.633. The van der Waals surface area contributed by atoms with Crippen LogP contribution in [-0.2, 0) is 4.79 Å². The van der Waals surface area contributed by atoms with Crippen LogP contribution < -0.4 is 16.0 Å². The van der Waals surface area contributed by atoms with Crippen LogP contribution in [0.4, 0.5) is 18.8 Å². The average molecular weight is 598 g/mol. The molecule has 3 aliphatic heterocycles. The smallest absolute Gasteiger partial charge is 0.326 e. The Balaban J connectivity index is 0.000000286. The summed E-state index contributed by atoms with van der Waals surface area (Å²) in [6, 6.07) is -0.489. The van der Waals surface area contributed by atoms with Gasteiger partial charge in [0.1, 0.15) is 5.78 Å². The van der Waals surface area contributed by atoms with E-state index in [1.807, 2.05) is 33.8 Å². The Hall–Kier alpha value is -3.41. The maximum absolute atomic E-state index is 12.9. The standard InChI is InChI=1S/C10H16N2O2.C8H11BrN2O.C8H11FN2O/c1-7(2)12-5-4-9(6-8(3)13)11-10(12)14;2*1-5(2)11-4-7(9)6(3)10-8(11)12/h4-5,7,9H,6H2,1-3H3,(H,11,14);2*4-5H,3H2,1-2H3,(H,10,12). The molecule has 0 saturated carbocycles. The Kier molecular flexibility index (Phi) is 12.5. The van der Waals surface area contributed by atoms with Crippen LogP contribution >= 0.6 is 15.9 Å². The predicted molar refractivity (Wildman–Crippen MR) is 149 cm³/mol. The minimum absolute atomic E-state index is 0.0249. The molecule has 0 aliphatic carbocycles. The number of carbonyl (C=O) groups is 4. The number of nitrogens with zero attached hydrogens (tertiary/aromatic N) is 3. The van der Waals surface area contributed by atoms with Gasteiger partial charge in [-0.3, -0.25) is 19.5 Å². The van der Waals surface area contributed by atoms with Gasteiger partial charge in [-0.25, -0.2) is 18.8 Å². The Morgan fingerprint density at radius 1 is 0.895 bits per heavy atom. The van der Waals surface area contributed by atoms with E-state index in [2.05, 4.69) is 45.0 Å². The molecule has 6 amide bonds. The van der Waals surface area contributed by atoms with Crippen molar-refractivity contribution in [2.75, 3.05) is 0 Å². The molecule has 3 rings (SSSR count). The summed E-state index contributed by atoms with van der Waals surface area (Å²) < 4.78 is 13.7. The first-order chi connectivity index (χ1) is 17.5. The van der Waals surface area contributed by atoms with Crippen LogP contribution in [0.5, 0.6) is 0 Å². The second-order valence-electron chi connectivity index (χ2n) is 9.58. The number of urea groups is 3. The van der Waals surface area contributed by atoms with Gasteiger partial charge in [-0.15, -0.1) is 0 Å². The summed E-state index contributed by atoms with van der Waals surface area (Å²) in [5.74, 6) is -0.416. The molecule has 0 bridgehead atoms. The minimum Gasteiger partial charge on any atom is -0.331 e. The Bertz CT molecular complexity index is 996. The van der Waals surface area contributed by atoms with E-state index >= 15 is 0 Å². The monoisotopic (exact) mass is 596 g/mol. The summed E-state index contributed by atoms with van der Waals surface area (Å²) in [6.45, 7) is 19.9. The Morgan fingerprint density at radius 2 is 1.37 bits per heavy atom. The molecular weight excluding hydrogens is 559 g/mol. The molecule has 3 heterocycles. The van der Waals surface area contributed by atoms with E-state index in [1.165, 1.54) is 11.8 Å². The van der Waals surface area contributed by atoms with Crippen molar-refractivity contribution in [2.45, 2.75) is 79.1 Å². The zero-order valence-corrected chi connectivity index (χ0v) is 24.6. The summed E-state index contributed by atoms with van der Waals surface area (Å²) in [5, 5.41) is 7.71. The number of ketones is 1. The third-order valence-electron chi connectivity index (χ3n) is 5.26. The van der Waals surface area contributed by atoms with Gasteiger partial charge >= 0.3 is 18.1 Å². The number of amides is 6. The van der Waals surface area contributed by atoms with Crippen LogP contribution in [0.1, 0.15) is 54.9 Å². The minimum atomic E-state index is -0.497. The quantitative estimate of drug-likeness (QED) is 0.405. The highest BCUT2D eigenvalue weighted by molar-refractivity contribution is 9.12. The molecule has 1 atom stereocenters. The van der Waals surface area contributed by atoms with Gasteiger partial charge in [0, 0.05) is 43.1 Å². The van der Waals surface area contributed by atoms with Crippen LogP contribution in [0.2, 0.25) is 0 Å². The van der Waals surface area contributed by atoms with E-state index in [0.29, 0.717) is 12.1 Å². The van der Waals surface area contributed by atoms with Crippen molar-refractivity contribution in [3.05, 3.63) is 59.5 Å². The molecule has 38 heavy (non-hydrogen) atoms. The van der Waals surface area contributed by atoms with Crippen LogP contribution in [-0.4, -0.2) is 62.7 Å². The first-order valence-electron chi connectivity index (χ1n) is 12.1. The highest BCUT2D eigenvalue weighted by Crippen LogP contribution is 2.20. The first-order valence-corrected chi connectivity index (χ1v) is 12.9. The van der Waals surface area contributed by atoms with Crippen molar-refractivity contribution in [3.8, 4) is 0 Å². The fraction of sp³-hybridized carbons (Fsp3) is 0.462. The van der Waals surface area contributed by atoms with Gasteiger partial charge in [-0.1, -0.05) is 13.2 Å². The maximum atomic E-state index is 12.9. The number of allylic oxidation sites excluding steroid dienone is 2. The molecule has 0 fully saturated rings. The van der Waals surface area contributed by atoms with Gasteiger partial charge in [0.05, 0.1) is 21.9 Å². The summed E-state index contributed by atoms with van der Waals surface area (Å²) in [4.78, 5) is 49.2. The van der Waals surface area contributed by atoms with Crippen LogP contribution in [0.25, 0.3) is 0 Å². The van der Waals surface area contributed by atoms with Gasteiger partial charge in [-0.05, 0) is 70.5 Å². The number of rotatable bonds is 5. The van der Waals surface area contributed by atoms with E-state index in [9.17, 15) is 23.6 Å². The van der Waals surface area contributed by atoms with Gasteiger partial charge < -0.3 is 16.0 Å². The first kappa shape index (κ1) is 32.6. The van der Waals surface area contributed by atoms with Gasteiger partial charge in [0.25, 0.3) is 0 Å². The number of hydrogen-bond acceptors (Lipinski definition) is 4. The molecular formula is C26H38BrFN6O4. The highest BCUT2D eigenvalue weighted by Gasteiger charge is 2.24. The Morgan fingerprint density at radius 3 is 1.82 bits per heavy atom. The van der Waals surface area contributed by atoms with E-state index in [1.54, 1.807) is 36.0 Å². The molecule has 3 N–H and O–H groups in total. The third-order valence-corrected chi connectivity index (χ3v) is 5.95. The van der Waals surface area contributed by atoms with Crippen molar-refractivity contribution < 1.29 is 23.6 Å². The number of nitrogens with one attached hydrogen (secondary N) is 3. The molecule has 210 valence electrons. The van der Waals surface area contributed by atoms with Crippen LogP contribution in [0, 0.1) is 0 Å². The Labute approximate surface area is 232 Å². The molecule has 3 aliphatic rings. The number of carbonyl (C=O) groups excluding carboxylic acids is 4. The largest absolute Gasteiger partial charge is 0.331 e. The van der Waals surface area contributed by atoms with Crippen molar-refractivity contribution in [1.29, 1.82) is 0 Å². The molecule has 0 aromatic heterocycles.